The molecular weight excluding hydrogens is 261 g/mol. The van der Waals surface area contributed by atoms with Gasteiger partial charge in [0.15, 0.2) is 5.82 Å². The van der Waals surface area contributed by atoms with Crippen molar-refractivity contribution in [3.63, 3.8) is 0 Å². The normalized spacial score (nSPS) is 20.2. The Morgan fingerprint density at radius 2 is 2.30 bits per heavy atom. The van der Waals surface area contributed by atoms with E-state index in [4.69, 9.17) is 10.5 Å². The van der Waals surface area contributed by atoms with Crippen LogP contribution in [0.4, 0.5) is 10.1 Å². The predicted octanol–water partition coefficient (Wildman–Crippen LogP) is 1.66. The Morgan fingerprint density at radius 1 is 1.45 bits per heavy atom. The Morgan fingerprint density at radius 3 is 3.00 bits per heavy atom. The summed E-state index contributed by atoms with van der Waals surface area (Å²) in [5.41, 5.74) is 6.61. The molecule has 1 aromatic heterocycles. The number of nitrogen functional groups attached to an aromatic ring is 1. The van der Waals surface area contributed by atoms with Crippen LogP contribution in [0.5, 0.6) is 0 Å². The molecule has 6 nitrogen and oxygen atoms in total. The minimum absolute atomic E-state index is 0.0898. The Bertz CT molecular complexity index is 588. The van der Waals surface area contributed by atoms with E-state index in [1.165, 1.54) is 12.1 Å². The van der Waals surface area contributed by atoms with Crippen molar-refractivity contribution >= 4 is 5.69 Å². The lowest BCUT2D eigenvalue weighted by molar-refractivity contribution is 0.173. The third-order valence-electron chi connectivity index (χ3n) is 3.70. The van der Waals surface area contributed by atoms with Gasteiger partial charge in [-0.1, -0.05) is 0 Å². The maximum atomic E-state index is 13.5. The quantitative estimate of drug-likeness (QED) is 0.863. The Balaban J connectivity index is 1.96. The number of nitrogens with two attached hydrogens (primary N) is 1. The maximum absolute atomic E-state index is 13.5. The van der Waals surface area contributed by atoms with Crippen LogP contribution in [-0.2, 0) is 4.74 Å². The second-order valence-corrected chi connectivity index (χ2v) is 5.08. The minimum Gasteiger partial charge on any atom is -0.399 e. The molecule has 1 saturated heterocycles. The number of halogens is 1. The van der Waals surface area contributed by atoms with Gasteiger partial charge >= 0.3 is 0 Å². The summed E-state index contributed by atoms with van der Waals surface area (Å²) < 4.78 is 20.6. The average Bonchev–Trinajstić information content (AvgIpc) is 3.08. The molecule has 2 aromatic rings. The fraction of sp³-hybridized carbons (Fsp3) is 0.462. The number of anilines is 1. The molecule has 1 fully saturated rings. The van der Waals surface area contributed by atoms with Gasteiger partial charge in [0.25, 0.3) is 0 Å². The van der Waals surface area contributed by atoms with Crippen LogP contribution in [0.1, 0.15) is 19.4 Å². The number of nitrogens with zero attached hydrogens (tertiary/aromatic N) is 4. The third kappa shape index (κ3) is 2.36. The van der Waals surface area contributed by atoms with Crippen LogP contribution >= 0.6 is 0 Å². The summed E-state index contributed by atoms with van der Waals surface area (Å²) in [5, 5.41) is 11.7. The highest BCUT2D eigenvalue weighted by atomic mass is 19.1. The van der Waals surface area contributed by atoms with E-state index in [0.29, 0.717) is 29.6 Å². The van der Waals surface area contributed by atoms with E-state index in [2.05, 4.69) is 15.5 Å². The van der Waals surface area contributed by atoms with E-state index in [-0.39, 0.29) is 6.04 Å². The summed E-state index contributed by atoms with van der Waals surface area (Å²) in [7, 11) is 0. The molecule has 1 aliphatic heterocycles. The molecule has 1 aromatic carbocycles. The van der Waals surface area contributed by atoms with Crippen LogP contribution in [0.3, 0.4) is 0 Å². The van der Waals surface area contributed by atoms with Crippen LogP contribution in [0.25, 0.3) is 11.4 Å². The van der Waals surface area contributed by atoms with Gasteiger partial charge in [0.1, 0.15) is 5.82 Å². The van der Waals surface area contributed by atoms with Crippen molar-refractivity contribution in [3.05, 3.63) is 24.0 Å². The van der Waals surface area contributed by atoms with Crippen LogP contribution in [0.2, 0.25) is 0 Å². The summed E-state index contributed by atoms with van der Waals surface area (Å²) in [6, 6.07) is 4.41. The zero-order valence-electron chi connectivity index (χ0n) is 11.2. The molecular formula is C13H16FN5O. The van der Waals surface area contributed by atoms with Crippen molar-refractivity contribution < 1.29 is 9.13 Å². The standard InChI is InChI=1S/C13H16FN5O/c1-8(9-2-3-20-7-9)19-13(16-17-18-19)10-4-11(14)6-12(15)5-10/h4-6,8-9H,2-3,7,15H2,1H3. The maximum Gasteiger partial charge on any atom is 0.182 e. The van der Waals surface area contributed by atoms with E-state index in [9.17, 15) is 4.39 Å². The van der Waals surface area contributed by atoms with Crippen molar-refractivity contribution in [3.8, 4) is 11.4 Å². The van der Waals surface area contributed by atoms with Crippen molar-refractivity contribution in [1.29, 1.82) is 0 Å². The summed E-state index contributed by atoms with van der Waals surface area (Å²) >= 11 is 0. The van der Waals surface area contributed by atoms with Gasteiger partial charge in [0, 0.05) is 23.8 Å². The van der Waals surface area contributed by atoms with Crippen LogP contribution < -0.4 is 5.73 Å². The highest BCUT2D eigenvalue weighted by Gasteiger charge is 2.27. The number of rotatable bonds is 3. The predicted molar refractivity (Wildman–Crippen MR) is 71.3 cm³/mol. The largest absolute Gasteiger partial charge is 0.399 e. The van der Waals surface area contributed by atoms with Crippen LogP contribution in [0, 0.1) is 11.7 Å². The highest BCUT2D eigenvalue weighted by Crippen LogP contribution is 2.29. The first kappa shape index (κ1) is 13.0. The van der Waals surface area contributed by atoms with E-state index in [1.807, 2.05) is 6.92 Å². The van der Waals surface area contributed by atoms with Gasteiger partial charge < -0.3 is 10.5 Å². The average molecular weight is 277 g/mol. The number of hydrogen-bond donors (Lipinski definition) is 1. The second kappa shape index (κ2) is 5.16. The molecule has 20 heavy (non-hydrogen) atoms. The zero-order valence-corrected chi connectivity index (χ0v) is 11.2. The fourth-order valence-electron chi connectivity index (χ4n) is 2.53. The van der Waals surface area contributed by atoms with E-state index in [0.717, 1.165) is 13.0 Å². The SMILES string of the molecule is CC(C1CCOC1)n1nnnc1-c1cc(N)cc(F)c1. The van der Waals surface area contributed by atoms with Crippen molar-refractivity contribution in [2.75, 3.05) is 18.9 Å². The first-order valence-corrected chi connectivity index (χ1v) is 6.57. The molecule has 0 spiro atoms. The number of benzene rings is 1. The molecule has 0 saturated carbocycles. The van der Waals surface area contributed by atoms with Crippen LogP contribution in [-0.4, -0.2) is 33.4 Å². The lowest BCUT2D eigenvalue weighted by atomic mass is 10.0. The zero-order chi connectivity index (χ0) is 14.1. The first-order valence-electron chi connectivity index (χ1n) is 6.57. The Hall–Kier alpha value is -2.02. The lowest BCUT2D eigenvalue weighted by Crippen LogP contribution is -2.19. The molecule has 2 N–H and O–H groups in total. The topological polar surface area (TPSA) is 78.8 Å². The Labute approximate surface area is 115 Å². The molecule has 7 heteroatoms. The summed E-state index contributed by atoms with van der Waals surface area (Å²) in [4.78, 5) is 0. The molecule has 0 amide bonds. The highest BCUT2D eigenvalue weighted by molar-refractivity contribution is 5.61. The first-order chi connectivity index (χ1) is 9.65. The minimum atomic E-state index is -0.397. The van der Waals surface area contributed by atoms with E-state index < -0.39 is 5.82 Å². The molecule has 3 rings (SSSR count). The van der Waals surface area contributed by atoms with Crippen molar-refractivity contribution in [1.82, 2.24) is 20.2 Å². The lowest BCUT2D eigenvalue weighted by Gasteiger charge is -2.18. The number of tetrazole rings is 1. The summed E-state index contributed by atoms with van der Waals surface area (Å²) in [5.74, 6) is 0.491. The monoisotopic (exact) mass is 277 g/mol. The smallest absolute Gasteiger partial charge is 0.182 e. The van der Waals surface area contributed by atoms with E-state index in [1.54, 1.807) is 10.7 Å². The van der Waals surface area contributed by atoms with Gasteiger partial charge in [-0.3, -0.25) is 0 Å². The van der Waals surface area contributed by atoms with Gasteiger partial charge in [0.2, 0.25) is 0 Å². The second-order valence-electron chi connectivity index (χ2n) is 5.08. The van der Waals surface area contributed by atoms with Gasteiger partial charge in [0.05, 0.1) is 12.6 Å². The van der Waals surface area contributed by atoms with Gasteiger partial charge in [-0.15, -0.1) is 5.10 Å². The van der Waals surface area contributed by atoms with Gasteiger partial charge in [-0.2, -0.15) is 0 Å². The molecule has 106 valence electrons. The number of aromatic nitrogens is 4. The fourth-order valence-corrected chi connectivity index (χ4v) is 2.53. The van der Waals surface area contributed by atoms with E-state index >= 15 is 0 Å². The molecule has 0 aliphatic carbocycles. The molecule has 0 radical (unpaired) electrons. The van der Waals surface area contributed by atoms with Crippen molar-refractivity contribution in [2.45, 2.75) is 19.4 Å². The molecule has 2 atom stereocenters. The van der Waals surface area contributed by atoms with Crippen molar-refractivity contribution in [2.24, 2.45) is 5.92 Å². The molecule has 2 unspecified atom stereocenters. The summed E-state index contributed by atoms with van der Waals surface area (Å²) in [6.45, 7) is 3.51. The number of ether oxygens (including phenoxy) is 1. The number of hydrogen-bond acceptors (Lipinski definition) is 5. The third-order valence-corrected chi connectivity index (χ3v) is 3.70. The summed E-state index contributed by atoms with van der Waals surface area (Å²) in [6.07, 6.45) is 0.978. The van der Waals surface area contributed by atoms with Gasteiger partial charge in [-0.25, -0.2) is 9.07 Å². The molecule has 2 heterocycles. The molecule has 0 bridgehead atoms. The van der Waals surface area contributed by atoms with Crippen LogP contribution in [0.15, 0.2) is 18.2 Å². The van der Waals surface area contributed by atoms with Gasteiger partial charge in [-0.05, 0) is 42.0 Å². The Kier molecular flexibility index (Phi) is 3.35. The molecule has 1 aliphatic rings.